The molecule has 0 spiro atoms. The summed E-state index contributed by atoms with van der Waals surface area (Å²) < 4.78 is 0. The standard InChI is InChI=1S/C10H13N3O/c1-13(2)10(14)9-7-4-5-3-6(5)8(7)11-12-9/h5-6H,3-4H2,1-2H3,(H,11,12). The van der Waals surface area contributed by atoms with Crippen LogP contribution in [0, 0.1) is 5.92 Å². The van der Waals surface area contributed by atoms with Gasteiger partial charge in [0, 0.05) is 31.3 Å². The third-order valence-corrected chi connectivity index (χ3v) is 3.27. The minimum atomic E-state index is 0.0174. The van der Waals surface area contributed by atoms with Gasteiger partial charge in [0.15, 0.2) is 5.69 Å². The molecule has 1 heterocycles. The maximum Gasteiger partial charge on any atom is 0.274 e. The second-order valence-corrected chi connectivity index (χ2v) is 4.47. The summed E-state index contributed by atoms with van der Waals surface area (Å²) >= 11 is 0. The van der Waals surface area contributed by atoms with Gasteiger partial charge in [-0.05, 0) is 18.8 Å². The number of carbonyl (C=O) groups is 1. The molecule has 2 atom stereocenters. The van der Waals surface area contributed by atoms with E-state index in [0.29, 0.717) is 11.6 Å². The second-order valence-electron chi connectivity index (χ2n) is 4.47. The van der Waals surface area contributed by atoms with Crippen molar-refractivity contribution in [3.8, 4) is 0 Å². The van der Waals surface area contributed by atoms with Crippen LogP contribution in [0.1, 0.15) is 34.1 Å². The van der Waals surface area contributed by atoms with E-state index in [4.69, 9.17) is 0 Å². The summed E-state index contributed by atoms with van der Waals surface area (Å²) in [6.45, 7) is 0. The molecule has 4 heteroatoms. The summed E-state index contributed by atoms with van der Waals surface area (Å²) in [5.41, 5.74) is 3.03. The van der Waals surface area contributed by atoms with Gasteiger partial charge in [-0.2, -0.15) is 5.10 Å². The first-order chi connectivity index (χ1) is 6.68. The SMILES string of the molecule is CN(C)C(=O)c1n[nH]c2c1CC1CC21. The normalized spacial score (nSPS) is 27.0. The first-order valence-electron chi connectivity index (χ1n) is 4.97. The number of nitrogens with one attached hydrogen (secondary N) is 1. The van der Waals surface area contributed by atoms with Crippen LogP contribution in [0.3, 0.4) is 0 Å². The number of carbonyl (C=O) groups excluding carboxylic acids is 1. The molecule has 1 N–H and O–H groups in total. The Bertz CT molecular complexity index is 407. The highest BCUT2D eigenvalue weighted by atomic mass is 16.2. The van der Waals surface area contributed by atoms with E-state index in [-0.39, 0.29) is 5.91 Å². The van der Waals surface area contributed by atoms with Crippen LogP contribution in [0.15, 0.2) is 0 Å². The van der Waals surface area contributed by atoms with Gasteiger partial charge in [0.1, 0.15) is 0 Å². The van der Waals surface area contributed by atoms with Crippen molar-refractivity contribution in [1.29, 1.82) is 0 Å². The zero-order chi connectivity index (χ0) is 9.87. The molecule has 0 saturated heterocycles. The maximum absolute atomic E-state index is 11.7. The summed E-state index contributed by atoms with van der Waals surface area (Å²) in [5.74, 6) is 1.50. The van der Waals surface area contributed by atoms with Crippen LogP contribution >= 0.6 is 0 Å². The Labute approximate surface area is 82.3 Å². The molecule has 2 aliphatic carbocycles. The Morgan fingerprint density at radius 1 is 1.57 bits per heavy atom. The minimum absolute atomic E-state index is 0.0174. The molecule has 2 unspecified atom stereocenters. The molecule has 0 aliphatic heterocycles. The van der Waals surface area contributed by atoms with Gasteiger partial charge in [0.25, 0.3) is 5.91 Å². The monoisotopic (exact) mass is 191 g/mol. The first-order valence-corrected chi connectivity index (χ1v) is 4.97. The number of hydrogen-bond acceptors (Lipinski definition) is 2. The van der Waals surface area contributed by atoms with Crippen molar-refractivity contribution in [3.63, 3.8) is 0 Å². The first kappa shape index (κ1) is 8.03. The van der Waals surface area contributed by atoms with Gasteiger partial charge in [0.2, 0.25) is 0 Å². The summed E-state index contributed by atoms with van der Waals surface area (Å²) in [4.78, 5) is 13.3. The molecular formula is C10H13N3O. The van der Waals surface area contributed by atoms with E-state index in [0.717, 1.165) is 12.3 Å². The summed E-state index contributed by atoms with van der Waals surface area (Å²) in [7, 11) is 3.53. The maximum atomic E-state index is 11.7. The van der Waals surface area contributed by atoms with E-state index in [9.17, 15) is 4.79 Å². The minimum Gasteiger partial charge on any atom is -0.343 e. The molecule has 1 saturated carbocycles. The van der Waals surface area contributed by atoms with Crippen molar-refractivity contribution in [2.24, 2.45) is 5.92 Å². The number of aromatic amines is 1. The van der Waals surface area contributed by atoms with Crippen LogP contribution in [0.2, 0.25) is 0 Å². The molecular weight excluding hydrogens is 178 g/mol. The Kier molecular flexibility index (Phi) is 1.36. The van der Waals surface area contributed by atoms with Gasteiger partial charge >= 0.3 is 0 Å². The predicted molar refractivity (Wildman–Crippen MR) is 51.2 cm³/mol. The average Bonchev–Trinajstić information content (AvgIpc) is 2.65. The number of nitrogens with zero attached hydrogens (tertiary/aromatic N) is 2. The molecule has 3 rings (SSSR count). The molecule has 1 aromatic heterocycles. The second kappa shape index (κ2) is 2.38. The Morgan fingerprint density at radius 2 is 2.36 bits per heavy atom. The highest BCUT2D eigenvalue weighted by molar-refractivity contribution is 5.94. The van der Waals surface area contributed by atoms with Gasteiger partial charge in [-0.1, -0.05) is 0 Å². The lowest BCUT2D eigenvalue weighted by Crippen LogP contribution is -2.23. The van der Waals surface area contributed by atoms with Crippen LogP contribution in [0.4, 0.5) is 0 Å². The van der Waals surface area contributed by atoms with Crippen LogP contribution < -0.4 is 0 Å². The van der Waals surface area contributed by atoms with E-state index in [1.54, 1.807) is 19.0 Å². The largest absolute Gasteiger partial charge is 0.343 e. The number of rotatable bonds is 1. The van der Waals surface area contributed by atoms with Crippen LogP contribution in [-0.4, -0.2) is 35.1 Å². The molecule has 1 fully saturated rings. The number of fused-ring (bicyclic) bond motifs is 3. The zero-order valence-electron chi connectivity index (χ0n) is 8.37. The molecule has 0 aromatic carbocycles. The molecule has 1 amide bonds. The van der Waals surface area contributed by atoms with Crippen LogP contribution in [0.5, 0.6) is 0 Å². The fourth-order valence-electron chi connectivity index (χ4n) is 2.37. The molecule has 0 bridgehead atoms. The van der Waals surface area contributed by atoms with Crippen molar-refractivity contribution >= 4 is 5.91 Å². The average molecular weight is 191 g/mol. The molecule has 4 nitrogen and oxygen atoms in total. The van der Waals surface area contributed by atoms with Crippen LogP contribution in [-0.2, 0) is 6.42 Å². The Hall–Kier alpha value is -1.32. The van der Waals surface area contributed by atoms with E-state index in [2.05, 4.69) is 10.2 Å². The predicted octanol–water partition coefficient (Wildman–Crippen LogP) is 0.771. The van der Waals surface area contributed by atoms with Crippen molar-refractivity contribution in [2.75, 3.05) is 14.1 Å². The van der Waals surface area contributed by atoms with Gasteiger partial charge in [-0.3, -0.25) is 9.89 Å². The fraction of sp³-hybridized carbons (Fsp3) is 0.600. The number of hydrogen-bond donors (Lipinski definition) is 1. The van der Waals surface area contributed by atoms with Gasteiger partial charge in [-0.25, -0.2) is 0 Å². The molecule has 74 valence electrons. The molecule has 0 radical (unpaired) electrons. The third-order valence-electron chi connectivity index (χ3n) is 3.27. The van der Waals surface area contributed by atoms with Crippen molar-refractivity contribution < 1.29 is 4.79 Å². The van der Waals surface area contributed by atoms with E-state index in [1.165, 1.54) is 17.7 Å². The van der Waals surface area contributed by atoms with Gasteiger partial charge in [-0.15, -0.1) is 0 Å². The highest BCUT2D eigenvalue weighted by Gasteiger charge is 2.48. The molecule has 2 aliphatic rings. The van der Waals surface area contributed by atoms with Gasteiger partial charge in [0.05, 0.1) is 0 Å². The smallest absolute Gasteiger partial charge is 0.274 e. The number of amides is 1. The summed E-state index contributed by atoms with van der Waals surface area (Å²) in [6.07, 6.45) is 2.33. The van der Waals surface area contributed by atoms with Crippen molar-refractivity contribution in [2.45, 2.75) is 18.8 Å². The lowest BCUT2D eigenvalue weighted by Gasteiger charge is -2.08. The highest BCUT2D eigenvalue weighted by Crippen LogP contribution is 2.56. The summed E-state index contributed by atoms with van der Waals surface area (Å²) in [6, 6.07) is 0. The Morgan fingerprint density at radius 3 is 3.07 bits per heavy atom. The van der Waals surface area contributed by atoms with Crippen LogP contribution in [0.25, 0.3) is 0 Å². The van der Waals surface area contributed by atoms with Crippen molar-refractivity contribution in [3.05, 3.63) is 17.0 Å². The summed E-state index contributed by atoms with van der Waals surface area (Å²) in [5, 5.41) is 7.14. The van der Waals surface area contributed by atoms with E-state index >= 15 is 0 Å². The lowest BCUT2D eigenvalue weighted by atomic mass is 10.1. The zero-order valence-corrected chi connectivity index (χ0v) is 8.37. The molecule has 14 heavy (non-hydrogen) atoms. The Balaban J connectivity index is 2.01. The topological polar surface area (TPSA) is 49.0 Å². The van der Waals surface area contributed by atoms with E-state index < -0.39 is 0 Å². The number of H-pyrrole nitrogens is 1. The van der Waals surface area contributed by atoms with Crippen molar-refractivity contribution in [1.82, 2.24) is 15.1 Å². The van der Waals surface area contributed by atoms with E-state index in [1.807, 2.05) is 0 Å². The third kappa shape index (κ3) is 0.882. The quantitative estimate of drug-likeness (QED) is 0.712. The molecule has 1 aromatic rings. The fourth-order valence-corrected chi connectivity index (χ4v) is 2.37. The van der Waals surface area contributed by atoms with Gasteiger partial charge < -0.3 is 4.90 Å². The number of aromatic nitrogens is 2. The lowest BCUT2D eigenvalue weighted by molar-refractivity contribution is 0.0821.